The van der Waals surface area contributed by atoms with Crippen molar-refractivity contribution < 1.29 is 0 Å². The molecule has 0 amide bonds. The molecule has 0 spiro atoms. The van der Waals surface area contributed by atoms with E-state index >= 15 is 0 Å². The van der Waals surface area contributed by atoms with Gasteiger partial charge in [0.25, 0.3) is 0 Å². The number of hydrogen-bond donors (Lipinski definition) is 1. The van der Waals surface area contributed by atoms with Crippen LogP contribution in [0.2, 0.25) is 0 Å². The molecule has 0 heterocycles. The first-order valence-corrected chi connectivity index (χ1v) is 3.33. The molecule has 0 saturated heterocycles. The summed E-state index contributed by atoms with van der Waals surface area (Å²) in [5, 5.41) is 5.49. The average Bonchev–Trinajstić information content (AvgIpc) is 1.85. The van der Waals surface area contributed by atoms with Crippen molar-refractivity contribution in [3.63, 3.8) is 0 Å². The molecule has 0 saturated carbocycles. The molecule has 1 N–H and O–H groups in total. The van der Waals surface area contributed by atoms with Crippen LogP contribution >= 0.6 is 0 Å². The summed E-state index contributed by atoms with van der Waals surface area (Å²) in [5.74, 6) is 0. The first kappa shape index (κ1) is 9.81. The summed E-state index contributed by atoms with van der Waals surface area (Å²) in [5.41, 5.74) is 0.0284. The van der Waals surface area contributed by atoms with Gasteiger partial charge in [0.15, 0.2) is 6.34 Å². The van der Waals surface area contributed by atoms with E-state index in [1.807, 2.05) is 20.8 Å². The summed E-state index contributed by atoms with van der Waals surface area (Å²) >= 11 is 0. The van der Waals surface area contributed by atoms with Gasteiger partial charge >= 0.3 is 0 Å². The van der Waals surface area contributed by atoms with Crippen LogP contribution in [0.25, 0.3) is 0 Å². The Hall–Kier alpha value is -1.19. The zero-order valence-corrected chi connectivity index (χ0v) is 7.03. The second kappa shape index (κ2) is 4.60. The Morgan fingerprint density at radius 2 is 2.00 bits per heavy atom. The van der Waals surface area contributed by atoms with Gasteiger partial charge in [-0.2, -0.15) is 0 Å². The van der Waals surface area contributed by atoms with Gasteiger partial charge in [-0.3, -0.25) is 0 Å². The molecular formula is C7H13N3O. The van der Waals surface area contributed by atoms with Crippen LogP contribution < -0.4 is 5.32 Å². The van der Waals surface area contributed by atoms with Crippen molar-refractivity contribution in [1.82, 2.24) is 5.32 Å². The van der Waals surface area contributed by atoms with Gasteiger partial charge in [-0.15, -0.1) is 4.91 Å². The molecule has 0 aliphatic heterocycles. The maximum absolute atomic E-state index is 9.51. The third kappa shape index (κ3) is 8.81. The maximum Gasteiger partial charge on any atom is 0.159 e. The molecule has 0 rings (SSSR count). The predicted molar refractivity (Wildman–Crippen MR) is 46.3 cm³/mol. The SMILES string of the molecule is CC(C)(C)N/C=C\N=C/N=O. The lowest BCUT2D eigenvalue weighted by molar-refractivity contribution is 0.491. The van der Waals surface area contributed by atoms with Crippen molar-refractivity contribution in [3.05, 3.63) is 17.3 Å². The van der Waals surface area contributed by atoms with Gasteiger partial charge in [-0.05, 0) is 25.9 Å². The molecule has 0 aromatic rings. The fourth-order valence-electron chi connectivity index (χ4n) is 0.396. The average molecular weight is 155 g/mol. The highest BCUT2D eigenvalue weighted by molar-refractivity contribution is 5.55. The molecule has 62 valence electrons. The number of nitrogens with zero attached hydrogens (tertiary/aromatic N) is 2. The van der Waals surface area contributed by atoms with Crippen molar-refractivity contribution in [1.29, 1.82) is 0 Å². The monoisotopic (exact) mass is 155 g/mol. The number of rotatable bonds is 3. The van der Waals surface area contributed by atoms with Crippen LogP contribution in [0.15, 0.2) is 22.6 Å². The fourth-order valence-corrected chi connectivity index (χ4v) is 0.396. The predicted octanol–water partition coefficient (Wildman–Crippen LogP) is 1.64. The molecule has 0 bridgehead atoms. The topological polar surface area (TPSA) is 53.8 Å². The number of hydrogen-bond acceptors (Lipinski definition) is 3. The highest BCUT2D eigenvalue weighted by atomic mass is 16.3. The van der Waals surface area contributed by atoms with Crippen molar-refractivity contribution in [2.75, 3.05) is 0 Å². The highest BCUT2D eigenvalue weighted by Crippen LogP contribution is 1.97. The Morgan fingerprint density at radius 1 is 1.36 bits per heavy atom. The Bertz CT molecular complexity index is 167. The van der Waals surface area contributed by atoms with Crippen LogP contribution in [-0.4, -0.2) is 11.9 Å². The van der Waals surface area contributed by atoms with Crippen LogP contribution in [0.1, 0.15) is 20.8 Å². The van der Waals surface area contributed by atoms with E-state index in [0.717, 1.165) is 6.34 Å². The van der Waals surface area contributed by atoms with Gasteiger partial charge in [-0.25, -0.2) is 4.99 Å². The van der Waals surface area contributed by atoms with Gasteiger partial charge in [0.2, 0.25) is 0 Å². The van der Waals surface area contributed by atoms with Crippen LogP contribution in [0.3, 0.4) is 0 Å². The molecule has 4 heteroatoms. The zero-order chi connectivity index (χ0) is 8.74. The fraction of sp³-hybridized carbons (Fsp3) is 0.571. The third-order valence-corrected chi connectivity index (χ3v) is 0.791. The Balaban J connectivity index is 3.61. The first-order valence-electron chi connectivity index (χ1n) is 3.33. The zero-order valence-electron chi connectivity index (χ0n) is 7.03. The van der Waals surface area contributed by atoms with Gasteiger partial charge in [0, 0.05) is 17.9 Å². The van der Waals surface area contributed by atoms with E-state index in [9.17, 15) is 4.91 Å². The van der Waals surface area contributed by atoms with Crippen LogP contribution in [0.5, 0.6) is 0 Å². The van der Waals surface area contributed by atoms with E-state index < -0.39 is 0 Å². The smallest absolute Gasteiger partial charge is 0.159 e. The molecule has 0 radical (unpaired) electrons. The molecule has 0 aromatic heterocycles. The lowest BCUT2D eigenvalue weighted by Crippen LogP contribution is -2.30. The third-order valence-electron chi connectivity index (χ3n) is 0.791. The first-order chi connectivity index (χ1) is 5.06. The quantitative estimate of drug-likeness (QED) is 0.382. The molecule has 0 fully saturated rings. The lowest BCUT2D eigenvalue weighted by atomic mass is 10.1. The summed E-state index contributed by atoms with van der Waals surface area (Å²) in [6.07, 6.45) is 4.09. The van der Waals surface area contributed by atoms with Crippen LogP contribution in [0, 0.1) is 4.91 Å². The van der Waals surface area contributed by atoms with Gasteiger partial charge in [0.05, 0.1) is 0 Å². The molecule has 4 nitrogen and oxygen atoms in total. The second-order valence-corrected chi connectivity index (χ2v) is 3.08. The van der Waals surface area contributed by atoms with Crippen molar-refractivity contribution in [3.8, 4) is 0 Å². The van der Waals surface area contributed by atoms with Gasteiger partial charge < -0.3 is 5.32 Å². The maximum atomic E-state index is 9.51. The highest BCUT2D eigenvalue weighted by Gasteiger charge is 2.03. The Labute approximate surface area is 66.4 Å². The van der Waals surface area contributed by atoms with E-state index in [4.69, 9.17) is 0 Å². The van der Waals surface area contributed by atoms with Crippen LogP contribution in [-0.2, 0) is 0 Å². The minimum Gasteiger partial charge on any atom is -0.385 e. The summed E-state index contributed by atoms with van der Waals surface area (Å²) in [6.45, 7) is 6.08. The van der Waals surface area contributed by atoms with E-state index in [1.54, 1.807) is 6.20 Å². The minimum atomic E-state index is 0.0284. The van der Waals surface area contributed by atoms with E-state index in [-0.39, 0.29) is 5.54 Å². The molecule has 0 aromatic carbocycles. The lowest BCUT2D eigenvalue weighted by Gasteiger charge is -2.17. The van der Waals surface area contributed by atoms with E-state index in [2.05, 4.69) is 15.5 Å². The van der Waals surface area contributed by atoms with Crippen molar-refractivity contribution in [2.24, 2.45) is 10.2 Å². The van der Waals surface area contributed by atoms with Crippen molar-refractivity contribution >= 4 is 6.34 Å². The Morgan fingerprint density at radius 3 is 2.45 bits per heavy atom. The summed E-state index contributed by atoms with van der Waals surface area (Å²) in [6, 6.07) is 0. The standard InChI is InChI=1S/C7H13N3O/c1-7(2,3)9-5-4-8-6-10-11/h4-6,9H,1-3H3/b5-4-,8-6-. The van der Waals surface area contributed by atoms with Crippen molar-refractivity contribution in [2.45, 2.75) is 26.3 Å². The number of aliphatic imine (C=N–C) groups is 1. The normalized spacial score (nSPS) is 12.6. The second-order valence-electron chi connectivity index (χ2n) is 3.08. The molecule has 0 unspecified atom stereocenters. The number of nitrogens with one attached hydrogen (secondary N) is 1. The Kier molecular flexibility index (Phi) is 4.10. The van der Waals surface area contributed by atoms with E-state index in [1.165, 1.54) is 6.20 Å². The largest absolute Gasteiger partial charge is 0.385 e. The summed E-state index contributed by atoms with van der Waals surface area (Å²) < 4.78 is 0. The van der Waals surface area contributed by atoms with Gasteiger partial charge in [0.1, 0.15) is 0 Å². The van der Waals surface area contributed by atoms with Gasteiger partial charge in [-0.1, -0.05) is 0 Å². The molecule has 0 aliphatic carbocycles. The summed E-state index contributed by atoms with van der Waals surface area (Å²) in [7, 11) is 0. The molecule has 11 heavy (non-hydrogen) atoms. The van der Waals surface area contributed by atoms with E-state index in [0.29, 0.717) is 0 Å². The number of nitroso groups, excluding NO2 is 1. The minimum absolute atomic E-state index is 0.0284. The molecule has 0 aliphatic rings. The molecule has 0 atom stereocenters. The van der Waals surface area contributed by atoms with Crippen LogP contribution in [0.4, 0.5) is 0 Å². The summed E-state index contributed by atoms with van der Waals surface area (Å²) in [4.78, 5) is 13.1. The molecular weight excluding hydrogens is 142 g/mol.